The van der Waals surface area contributed by atoms with Gasteiger partial charge in [0.05, 0.1) is 12.0 Å². The Labute approximate surface area is 200 Å². The third kappa shape index (κ3) is 5.24. The van der Waals surface area contributed by atoms with Crippen LogP contribution < -0.4 is 14.4 Å². The van der Waals surface area contributed by atoms with Crippen LogP contribution in [0.25, 0.3) is 0 Å². The Morgan fingerprint density at radius 2 is 1.68 bits per heavy atom. The van der Waals surface area contributed by atoms with Gasteiger partial charge in [0.15, 0.2) is 11.5 Å². The van der Waals surface area contributed by atoms with Gasteiger partial charge in [0.1, 0.15) is 6.61 Å². The fourth-order valence-electron chi connectivity index (χ4n) is 3.91. The van der Waals surface area contributed by atoms with E-state index in [9.17, 15) is 13.2 Å². The average molecular weight is 481 g/mol. The van der Waals surface area contributed by atoms with Gasteiger partial charge in [0.2, 0.25) is 15.9 Å². The molecule has 0 radical (unpaired) electrons. The van der Waals surface area contributed by atoms with Crippen molar-refractivity contribution in [1.29, 1.82) is 0 Å². The molecule has 0 atom stereocenters. The summed E-state index contributed by atoms with van der Waals surface area (Å²) in [7, 11) is -0.611. The van der Waals surface area contributed by atoms with Crippen LogP contribution in [-0.2, 0) is 28.0 Å². The van der Waals surface area contributed by atoms with Gasteiger partial charge >= 0.3 is 0 Å². The zero-order valence-corrected chi connectivity index (χ0v) is 20.1. The van der Waals surface area contributed by atoms with Gasteiger partial charge in [0, 0.05) is 32.2 Å². The van der Waals surface area contributed by atoms with Crippen molar-refractivity contribution in [3.05, 3.63) is 83.9 Å². The van der Waals surface area contributed by atoms with Crippen LogP contribution >= 0.6 is 0 Å². The molecule has 0 aliphatic carbocycles. The maximum absolute atomic E-state index is 13.1. The highest BCUT2D eigenvalue weighted by atomic mass is 32.2. The highest BCUT2D eigenvalue weighted by Crippen LogP contribution is 2.30. The minimum atomic E-state index is -3.71. The molecule has 1 saturated heterocycles. The molecule has 8 heteroatoms. The topological polar surface area (TPSA) is 76.2 Å². The van der Waals surface area contributed by atoms with Crippen molar-refractivity contribution in [2.75, 3.05) is 25.6 Å². The van der Waals surface area contributed by atoms with Crippen LogP contribution in [0.15, 0.2) is 77.7 Å². The Kier molecular flexibility index (Phi) is 7.19. The van der Waals surface area contributed by atoms with Crippen LogP contribution in [0, 0.1) is 0 Å². The number of hydrogen-bond donors (Lipinski definition) is 0. The second kappa shape index (κ2) is 10.3. The predicted octanol–water partition coefficient (Wildman–Crippen LogP) is 4.22. The molecule has 0 N–H and O–H groups in total. The lowest BCUT2D eigenvalue weighted by molar-refractivity contribution is -0.117. The number of nitrogens with zero attached hydrogens (tertiary/aromatic N) is 2. The van der Waals surface area contributed by atoms with Gasteiger partial charge in [0.25, 0.3) is 0 Å². The fraction of sp³-hybridized carbons (Fsp3) is 0.269. The number of hydrogen-bond acceptors (Lipinski definition) is 5. The Hall–Kier alpha value is -3.36. The number of amides is 1. The first-order chi connectivity index (χ1) is 16.4. The third-order valence-electron chi connectivity index (χ3n) is 5.80. The second-order valence-electron chi connectivity index (χ2n) is 8.16. The molecule has 178 valence electrons. The van der Waals surface area contributed by atoms with E-state index in [2.05, 4.69) is 0 Å². The number of rotatable bonds is 9. The SMILES string of the molecule is COc1cc(CN(C)S(=O)(=O)c2ccc(N3CCCC3=O)cc2)ccc1OCc1ccccc1. The molecule has 1 aliphatic rings. The highest BCUT2D eigenvalue weighted by molar-refractivity contribution is 7.89. The summed E-state index contributed by atoms with van der Waals surface area (Å²) in [5.74, 6) is 1.20. The standard InChI is InChI=1S/C26H28N2O5S/c1-27(34(30,31)23-13-11-22(12-14-23)28-16-6-9-26(28)29)18-21-10-15-24(25(17-21)32-2)33-19-20-7-4-3-5-8-20/h3-5,7-8,10-15,17H,6,9,16,18-19H2,1-2H3. The molecule has 0 saturated carbocycles. The van der Waals surface area contributed by atoms with Gasteiger partial charge in [-0.05, 0) is 53.9 Å². The van der Waals surface area contributed by atoms with Crippen molar-refractivity contribution >= 4 is 21.6 Å². The Balaban J connectivity index is 1.44. The number of carbonyl (C=O) groups is 1. The summed E-state index contributed by atoms with van der Waals surface area (Å²) >= 11 is 0. The number of anilines is 1. The van der Waals surface area contributed by atoms with Crippen molar-refractivity contribution in [2.45, 2.75) is 30.9 Å². The number of ether oxygens (including phenoxy) is 2. The Morgan fingerprint density at radius 3 is 2.32 bits per heavy atom. The van der Waals surface area contributed by atoms with Crippen molar-refractivity contribution in [3.8, 4) is 11.5 Å². The largest absolute Gasteiger partial charge is 0.493 e. The summed E-state index contributed by atoms with van der Waals surface area (Å²) in [6, 6.07) is 21.7. The van der Waals surface area contributed by atoms with Crippen LogP contribution in [0.2, 0.25) is 0 Å². The molecule has 1 amide bonds. The smallest absolute Gasteiger partial charge is 0.243 e. The summed E-state index contributed by atoms with van der Waals surface area (Å²) in [5.41, 5.74) is 2.54. The molecule has 0 aromatic heterocycles. The fourth-order valence-corrected chi connectivity index (χ4v) is 5.07. The lowest BCUT2D eigenvalue weighted by Gasteiger charge is -2.20. The quantitative estimate of drug-likeness (QED) is 0.458. The zero-order valence-electron chi connectivity index (χ0n) is 19.3. The van der Waals surface area contributed by atoms with E-state index < -0.39 is 10.0 Å². The number of benzene rings is 3. The zero-order chi connectivity index (χ0) is 24.1. The molecule has 0 spiro atoms. The van der Waals surface area contributed by atoms with Gasteiger partial charge in [-0.2, -0.15) is 4.31 Å². The molecule has 1 fully saturated rings. The first-order valence-electron chi connectivity index (χ1n) is 11.1. The number of sulfonamides is 1. The van der Waals surface area contributed by atoms with Crippen LogP contribution in [0.1, 0.15) is 24.0 Å². The number of methoxy groups -OCH3 is 1. The predicted molar refractivity (Wildman–Crippen MR) is 130 cm³/mol. The molecule has 0 unspecified atom stereocenters. The van der Waals surface area contributed by atoms with Crippen LogP contribution in [0.5, 0.6) is 11.5 Å². The lowest BCUT2D eigenvalue weighted by Crippen LogP contribution is -2.27. The van der Waals surface area contributed by atoms with E-state index in [4.69, 9.17) is 9.47 Å². The summed E-state index contributed by atoms with van der Waals surface area (Å²) in [4.78, 5) is 13.8. The van der Waals surface area contributed by atoms with Crippen LogP contribution in [-0.4, -0.2) is 39.3 Å². The minimum Gasteiger partial charge on any atom is -0.493 e. The van der Waals surface area contributed by atoms with Gasteiger partial charge in [-0.25, -0.2) is 8.42 Å². The Morgan fingerprint density at radius 1 is 0.941 bits per heavy atom. The lowest BCUT2D eigenvalue weighted by atomic mass is 10.2. The van der Waals surface area contributed by atoms with E-state index >= 15 is 0 Å². The normalized spacial score (nSPS) is 14.0. The summed E-state index contributed by atoms with van der Waals surface area (Å²) in [6.07, 6.45) is 1.35. The van der Waals surface area contributed by atoms with Crippen molar-refractivity contribution in [1.82, 2.24) is 4.31 Å². The van der Waals surface area contributed by atoms with Crippen LogP contribution in [0.3, 0.4) is 0 Å². The summed E-state index contributed by atoms with van der Waals surface area (Å²) in [5, 5.41) is 0. The van der Waals surface area contributed by atoms with Crippen LogP contribution in [0.4, 0.5) is 5.69 Å². The van der Waals surface area contributed by atoms with Crippen molar-refractivity contribution in [3.63, 3.8) is 0 Å². The van der Waals surface area contributed by atoms with E-state index in [1.54, 1.807) is 55.5 Å². The monoisotopic (exact) mass is 480 g/mol. The Bertz CT molecular complexity index is 1240. The van der Waals surface area contributed by atoms with Gasteiger partial charge < -0.3 is 14.4 Å². The van der Waals surface area contributed by atoms with E-state index in [1.807, 2.05) is 36.4 Å². The maximum Gasteiger partial charge on any atom is 0.243 e. The molecule has 3 aromatic carbocycles. The van der Waals surface area contributed by atoms with Crippen molar-refractivity contribution < 1.29 is 22.7 Å². The van der Waals surface area contributed by atoms with Gasteiger partial charge in [-0.15, -0.1) is 0 Å². The third-order valence-corrected chi connectivity index (χ3v) is 7.62. The molecule has 0 bridgehead atoms. The summed E-state index contributed by atoms with van der Waals surface area (Å²) < 4.78 is 38.9. The van der Waals surface area contributed by atoms with E-state index in [1.165, 1.54) is 4.31 Å². The molecule has 1 heterocycles. The van der Waals surface area contributed by atoms with E-state index in [0.717, 1.165) is 23.2 Å². The molecule has 1 aliphatic heterocycles. The summed E-state index contributed by atoms with van der Waals surface area (Å²) in [6.45, 7) is 1.24. The van der Waals surface area contributed by atoms with E-state index in [0.29, 0.717) is 31.1 Å². The molecule has 4 rings (SSSR count). The van der Waals surface area contributed by atoms with Crippen molar-refractivity contribution in [2.24, 2.45) is 0 Å². The first-order valence-corrected chi connectivity index (χ1v) is 12.5. The molecule has 3 aromatic rings. The highest BCUT2D eigenvalue weighted by Gasteiger charge is 2.24. The number of carbonyl (C=O) groups excluding carboxylic acids is 1. The maximum atomic E-state index is 13.1. The van der Waals surface area contributed by atoms with Gasteiger partial charge in [-0.1, -0.05) is 36.4 Å². The first kappa shape index (κ1) is 23.8. The molecule has 34 heavy (non-hydrogen) atoms. The van der Waals surface area contributed by atoms with Gasteiger partial charge in [-0.3, -0.25) is 4.79 Å². The average Bonchev–Trinajstić information content (AvgIpc) is 3.29. The molecule has 7 nitrogen and oxygen atoms in total. The second-order valence-corrected chi connectivity index (χ2v) is 10.2. The molecular weight excluding hydrogens is 452 g/mol. The van der Waals surface area contributed by atoms with E-state index in [-0.39, 0.29) is 17.3 Å². The minimum absolute atomic E-state index is 0.0675. The molecular formula is C26H28N2O5S.